The SMILES string of the molecule is COc1cccc(CN(C)C(=O)CSc2nnnn2C2CCCCC2)c1. The standard InChI is InChI=1S/C18H25N5O2S/c1-22(12-14-7-6-10-16(11-14)25-2)17(24)13-26-18-19-20-21-23(18)15-8-4-3-5-9-15/h6-7,10-11,15H,3-5,8-9,12-13H2,1-2H3. The Balaban J connectivity index is 1.54. The largest absolute Gasteiger partial charge is 0.497 e. The van der Waals surface area contributed by atoms with Gasteiger partial charge in [-0.15, -0.1) is 5.10 Å². The molecule has 1 amide bonds. The number of benzene rings is 1. The minimum atomic E-state index is 0.0519. The van der Waals surface area contributed by atoms with E-state index in [4.69, 9.17) is 4.74 Å². The van der Waals surface area contributed by atoms with Crippen molar-refractivity contribution in [3.05, 3.63) is 29.8 Å². The normalized spacial score (nSPS) is 15.0. The molecule has 1 saturated carbocycles. The van der Waals surface area contributed by atoms with E-state index in [0.717, 1.165) is 29.3 Å². The second kappa shape index (κ2) is 9.02. The Kier molecular flexibility index (Phi) is 6.49. The van der Waals surface area contributed by atoms with Crippen LogP contribution in [-0.4, -0.2) is 50.9 Å². The van der Waals surface area contributed by atoms with Crippen LogP contribution in [0.25, 0.3) is 0 Å². The summed E-state index contributed by atoms with van der Waals surface area (Å²) >= 11 is 1.41. The van der Waals surface area contributed by atoms with Gasteiger partial charge in [0.15, 0.2) is 0 Å². The number of aromatic nitrogens is 4. The minimum Gasteiger partial charge on any atom is -0.497 e. The van der Waals surface area contributed by atoms with Gasteiger partial charge in [0, 0.05) is 13.6 Å². The molecule has 3 rings (SSSR count). The number of hydrogen-bond acceptors (Lipinski definition) is 6. The molecular weight excluding hydrogens is 350 g/mol. The Bertz CT molecular complexity index is 730. The Morgan fingerprint density at radius 1 is 1.35 bits per heavy atom. The van der Waals surface area contributed by atoms with Crippen LogP contribution in [0.4, 0.5) is 0 Å². The Morgan fingerprint density at radius 2 is 2.15 bits per heavy atom. The van der Waals surface area contributed by atoms with E-state index in [-0.39, 0.29) is 5.91 Å². The molecule has 0 saturated heterocycles. The van der Waals surface area contributed by atoms with Gasteiger partial charge in [-0.1, -0.05) is 43.2 Å². The van der Waals surface area contributed by atoms with E-state index >= 15 is 0 Å². The summed E-state index contributed by atoms with van der Waals surface area (Å²) in [5.41, 5.74) is 1.04. The molecule has 0 spiro atoms. The quantitative estimate of drug-likeness (QED) is 0.693. The lowest BCUT2D eigenvalue weighted by Crippen LogP contribution is -2.28. The lowest BCUT2D eigenvalue weighted by molar-refractivity contribution is -0.127. The van der Waals surface area contributed by atoms with Gasteiger partial charge in [0.05, 0.1) is 18.9 Å². The van der Waals surface area contributed by atoms with Crippen molar-refractivity contribution in [2.45, 2.75) is 49.8 Å². The fourth-order valence-electron chi connectivity index (χ4n) is 3.20. The number of carbonyl (C=O) groups is 1. The highest BCUT2D eigenvalue weighted by Gasteiger charge is 2.21. The van der Waals surface area contributed by atoms with E-state index in [0.29, 0.717) is 18.3 Å². The molecule has 8 heteroatoms. The molecule has 1 aromatic carbocycles. The first-order valence-corrected chi connectivity index (χ1v) is 9.93. The number of methoxy groups -OCH3 is 1. The highest BCUT2D eigenvalue weighted by Crippen LogP contribution is 2.30. The summed E-state index contributed by atoms with van der Waals surface area (Å²) in [6.07, 6.45) is 5.95. The summed E-state index contributed by atoms with van der Waals surface area (Å²) in [4.78, 5) is 14.2. The molecule has 1 aliphatic rings. The number of tetrazole rings is 1. The lowest BCUT2D eigenvalue weighted by Gasteiger charge is -2.22. The number of amides is 1. The number of thioether (sulfide) groups is 1. The average molecular weight is 375 g/mol. The second-order valence-electron chi connectivity index (χ2n) is 6.59. The zero-order valence-electron chi connectivity index (χ0n) is 15.3. The van der Waals surface area contributed by atoms with Crippen LogP contribution in [-0.2, 0) is 11.3 Å². The summed E-state index contributed by atoms with van der Waals surface area (Å²) in [6.45, 7) is 0.546. The molecular formula is C18H25N5O2S. The first kappa shape index (κ1) is 18.7. The molecule has 0 bridgehead atoms. The van der Waals surface area contributed by atoms with E-state index in [1.807, 2.05) is 36.0 Å². The molecule has 0 N–H and O–H groups in total. The van der Waals surface area contributed by atoms with Crippen molar-refractivity contribution in [1.29, 1.82) is 0 Å². The second-order valence-corrected chi connectivity index (χ2v) is 7.53. The molecule has 7 nitrogen and oxygen atoms in total. The third-order valence-corrected chi connectivity index (χ3v) is 5.61. The molecule has 0 unspecified atom stereocenters. The van der Waals surface area contributed by atoms with Gasteiger partial charge in [0.25, 0.3) is 0 Å². The maximum atomic E-state index is 12.5. The van der Waals surface area contributed by atoms with Crippen molar-refractivity contribution in [1.82, 2.24) is 25.1 Å². The first-order chi connectivity index (χ1) is 12.7. The zero-order chi connectivity index (χ0) is 18.4. The minimum absolute atomic E-state index is 0.0519. The van der Waals surface area contributed by atoms with E-state index in [2.05, 4.69) is 15.5 Å². The average Bonchev–Trinajstić information content (AvgIpc) is 3.15. The third-order valence-electron chi connectivity index (χ3n) is 4.69. The van der Waals surface area contributed by atoms with Gasteiger partial charge < -0.3 is 9.64 Å². The molecule has 140 valence electrons. The molecule has 1 fully saturated rings. The lowest BCUT2D eigenvalue weighted by atomic mass is 9.96. The van der Waals surface area contributed by atoms with Crippen LogP contribution in [0, 0.1) is 0 Å². The summed E-state index contributed by atoms with van der Waals surface area (Å²) in [6, 6.07) is 8.13. The Morgan fingerprint density at radius 3 is 2.92 bits per heavy atom. The van der Waals surface area contributed by atoms with Crippen LogP contribution >= 0.6 is 11.8 Å². The highest BCUT2D eigenvalue weighted by molar-refractivity contribution is 7.99. The van der Waals surface area contributed by atoms with Crippen molar-refractivity contribution in [3.8, 4) is 5.75 Å². The summed E-state index contributed by atoms with van der Waals surface area (Å²) in [5.74, 6) is 1.17. The van der Waals surface area contributed by atoms with Crippen molar-refractivity contribution in [2.75, 3.05) is 19.9 Å². The van der Waals surface area contributed by atoms with Gasteiger partial charge in [-0.2, -0.15) is 0 Å². The van der Waals surface area contributed by atoms with E-state index < -0.39 is 0 Å². The van der Waals surface area contributed by atoms with Crippen LogP contribution in [0.2, 0.25) is 0 Å². The maximum Gasteiger partial charge on any atom is 0.233 e. The monoisotopic (exact) mass is 375 g/mol. The van der Waals surface area contributed by atoms with Crippen LogP contribution in [0.15, 0.2) is 29.4 Å². The maximum absolute atomic E-state index is 12.5. The summed E-state index contributed by atoms with van der Waals surface area (Å²) in [7, 11) is 3.45. The zero-order valence-corrected chi connectivity index (χ0v) is 16.1. The molecule has 0 atom stereocenters. The van der Waals surface area contributed by atoms with Gasteiger partial charge in [0.1, 0.15) is 5.75 Å². The molecule has 26 heavy (non-hydrogen) atoms. The number of carbonyl (C=O) groups excluding carboxylic acids is 1. The number of rotatable bonds is 7. The van der Waals surface area contributed by atoms with Crippen LogP contribution in [0.1, 0.15) is 43.7 Å². The van der Waals surface area contributed by atoms with Crippen molar-refractivity contribution in [2.24, 2.45) is 0 Å². The predicted octanol–water partition coefficient (Wildman–Crippen LogP) is 2.94. The van der Waals surface area contributed by atoms with Gasteiger partial charge in [0.2, 0.25) is 11.1 Å². The Labute approximate surface area is 158 Å². The van der Waals surface area contributed by atoms with Gasteiger partial charge in [-0.05, 0) is 41.0 Å². The topological polar surface area (TPSA) is 73.1 Å². The summed E-state index contributed by atoms with van der Waals surface area (Å²) in [5, 5.41) is 12.8. The molecule has 1 heterocycles. The van der Waals surface area contributed by atoms with Crippen molar-refractivity contribution in [3.63, 3.8) is 0 Å². The molecule has 1 aromatic heterocycles. The predicted molar refractivity (Wildman–Crippen MR) is 100 cm³/mol. The molecule has 2 aromatic rings. The van der Waals surface area contributed by atoms with E-state index in [9.17, 15) is 4.79 Å². The van der Waals surface area contributed by atoms with Crippen molar-refractivity contribution < 1.29 is 9.53 Å². The first-order valence-electron chi connectivity index (χ1n) is 8.95. The molecule has 1 aliphatic carbocycles. The fourth-order valence-corrected chi connectivity index (χ4v) is 4.09. The van der Waals surface area contributed by atoms with E-state index in [1.54, 1.807) is 12.0 Å². The van der Waals surface area contributed by atoms with Gasteiger partial charge >= 0.3 is 0 Å². The number of ether oxygens (including phenoxy) is 1. The molecule has 0 aliphatic heterocycles. The smallest absolute Gasteiger partial charge is 0.233 e. The third kappa shape index (κ3) is 4.75. The van der Waals surface area contributed by atoms with Crippen molar-refractivity contribution >= 4 is 17.7 Å². The molecule has 0 radical (unpaired) electrons. The summed E-state index contributed by atoms with van der Waals surface area (Å²) < 4.78 is 7.13. The van der Waals surface area contributed by atoms with Gasteiger partial charge in [-0.25, -0.2) is 4.68 Å². The number of hydrogen-bond donors (Lipinski definition) is 0. The number of nitrogens with zero attached hydrogens (tertiary/aromatic N) is 5. The van der Waals surface area contributed by atoms with E-state index in [1.165, 1.54) is 31.0 Å². The van der Waals surface area contributed by atoms with Crippen LogP contribution in [0.3, 0.4) is 0 Å². The van der Waals surface area contributed by atoms with Gasteiger partial charge in [-0.3, -0.25) is 4.79 Å². The fraction of sp³-hybridized carbons (Fsp3) is 0.556. The van der Waals surface area contributed by atoms with Crippen LogP contribution in [0.5, 0.6) is 5.75 Å². The van der Waals surface area contributed by atoms with Crippen LogP contribution < -0.4 is 4.74 Å². The highest BCUT2D eigenvalue weighted by atomic mass is 32.2. The Hall–Kier alpha value is -2.09.